The largest absolute Gasteiger partial charge is 0.364 e. The number of H-pyrrole nitrogens is 1. The van der Waals surface area contributed by atoms with Crippen LogP contribution in [0.4, 0.5) is 0 Å². The normalized spacial score (nSPS) is 17.0. The van der Waals surface area contributed by atoms with Crippen LogP contribution < -0.4 is 11.1 Å². The number of aromatic nitrogens is 4. The maximum absolute atomic E-state index is 12.1. The molecule has 1 unspecified atom stereocenters. The molecule has 1 aliphatic rings. The maximum Gasteiger partial charge on any atom is 0.271 e. The molecule has 0 fully saturated rings. The number of hydrogen-bond donors (Lipinski definition) is 3. The van der Waals surface area contributed by atoms with Crippen molar-refractivity contribution in [3.05, 3.63) is 41.2 Å². The van der Waals surface area contributed by atoms with E-state index < -0.39 is 5.91 Å². The molecule has 0 radical (unpaired) electrons. The van der Waals surface area contributed by atoms with Gasteiger partial charge in [-0.05, 0) is 24.8 Å². The molecule has 0 bridgehead atoms. The Kier molecular flexibility index (Phi) is 3.35. The second kappa shape index (κ2) is 5.31. The van der Waals surface area contributed by atoms with Crippen LogP contribution in [0.2, 0.25) is 0 Å². The van der Waals surface area contributed by atoms with Crippen LogP contribution in [0.1, 0.15) is 38.7 Å². The monoisotopic (exact) mass is 286 g/mol. The van der Waals surface area contributed by atoms with Gasteiger partial charge in [-0.1, -0.05) is 0 Å². The van der Waals surface area contributed by atoms with Gasteiger partial charge in [0.1, 0.15) is 11.4 Å². The van der Waals surface area contributed by atoms with Crippen molar-refractivity contribution in [3.8, 4) is 0 Å². The predicted molar refractivity (Wildman–Crippen MR) is 72.4 cm³/mol. The van der Waals surface area contributed by atoms with Gasteiger partial charge >= 0.3 is 0 Å². The van der Waals surface area contributed by atoms with E-state index in [0.717, 1.165) is 30.5 Å². The summed E-state index contributed by atoms with van der Waals surface area (Å²) in [5, 5.41) is 9.86. The minimum Gasteiger partial charge on any atom is -0.364 e. The van der Waals surface area contributed by atoms with Gasteiger partial charge < -0.3 is 11.1 Å². The Balaban J connectivity index is 1.65. The zero-order chi connectivity index (χ0) is 14.8. The fourth-order valence-electron chi connectivity index (χ4n) is 2.37. The number of carbonyl (C=O) groups excluding carboxylic acids is 2. The van der Waals surface area contributed by atoms with Gasteiger partial charge in [-0.3, -0.25) is 14.7 Å². The van der Waals surface area contributed by atoms with E-state index in [1.54, 1.807) is 6.20 Å². The summed E-state index contributed by atoms with van der Waals surface area (Å²) >= 11 is 0. The van der Waals surface area contributed by atoms with Gasteiger partial charge in [0.05, 0.1) is 18.6 Å². The van der Waals surface area contributed by atoms with Crippen molar-refractivity contribution in [3.63, 3.8) is 0 Å². The molecule has 1 aliphatic carbocycles. The van der Waals surface area contributed by atoms with Crippen molar-refractivity contribution in [2.24, 2.45) is 5.73 Å². The molecular formula is C13H14N6O2. The van der Waals surface area contributed by atoms with Crippen LogP contribution in [-0.2, 0) is 12.8 Å². The van der Waals surface area contributed by atoms with Crippen LogP contribution in [-0.4, -0.2) is 38.0 Å². The molecule has 21 heavy (non-hydrogen) atoms. The predicted octanol–water partition coefficient (Wildman–Crippen LogP) is -0.414. The molecule has 0 spiro atoms. The topological polar surface area (TPSA) is 127 Å². The maximum atomic E-state index is 12.1. The first kappa shape index (κ1) is 13.2. The van der Waals surface area contributed by atoms with Gasteiger partial charge in [0, 0.05) is 11.7 Å². The molecule has 0 saturated carbocycles. The van der Waals surface area contributed by atoms with E-state index in [0.29, 0.717) is 0 Å². The number of primary amides is 1. The molecule has 0 aliphatic heterocycles. The van der Waals surface area contributed by atoms with Crippen LogP contribution in [0.25, 0.3) is 0 Å². The molecule has 2 amide bonds. The van der Waals surface area contributed by atoms with Crippen molar-refractivity contribution in [1.29, 1.82) is 0 Å². The van der Waals surface area contributed by atoms with Gasteiger partial charge in [-0.15, -0.1) is 0 Å². The Morgan fingerprint density at radius 3 is 2.71 bits per heavy atom. The van der Waals surface area contributed by atoms with Gasteiger partial charge in [-0.25, -0.2) is 9.97 Å². The van der Waals surface area contributed by atoms with E-state index in [2.05, 4.69) is 25.5 Å². The SMILES string of the molecule is NC(=O)c1cnc(C(=O)NC2CCc3[nH]ncc3C2)cn1. The molecule has 108 valence electrons. The Morgan fingerprint density at radius 2 is 2.00 bits per heavy atom. The van der Waals surface area contributed by atoms with E-state index in [1.165, 1.54) is 12.4 Å². The molecule has 8 heteroatoms. The van der Waals surface area contributed by atoms with Crippen LogP contribution in [0.5, 0.6) is 0 Å². The van der Waals surface area contributed by atoms with Crippen molar-refractivity contribution in [1.82, 2.24) is 25.5 Å². The fourth-order valence-corrected chi connectivity index (χ4v) is 2.37. The third-order valence-corrected chi connectivity index (χ3v) is 3.49. The highest BCUT2D eigenvalue weighted by atomic mass is 16.2. The lowest BCUT2D eigenvalue weighted by molar-refractivity contribution is 0.0925. The minimum absolute atomic E-state index is 0.0345. The molecule has 1 atom stereocenters. The number of aromatic amines is 1. The summed E-state index contributed by atoms with van der Waals surface area (Å²) in [6.07, 6.45) is 6.67. The number of amides is 2. The van der Waals surface area contributed by atoms with Crippen molar-refractivity contribution in [2.45, 2.75) is 25.3 Å². The average Bonchev–Trinajstić information content (AvgIpc) is 2.95. The molecule has 2 heterocycles. The Morgan fingerprint density at radius 1 is 1.24 bits per heavy atom. The molecule has 2 aromatic heterocycles. The number of hydrogen-bond acceptors (Lipinski definition) is 5. The number of rotatable bonds is 3. The second-order valence-electron chi connectivity index (χ2n) is 4.94. The summed E-state index contributed by atoms with van der Waals surface area (Å²) < 4.78 is 0. The van der Waals surface area contributed by atoms with Crippen LogP contribution in [0, 0.1) is 0 Å². The van der Waals surface area contributed by atoms with Crippen LogP contribution in [0.3, 0.4) is 0 Å². The van der Waals surface area contributed by atoms with E-state index >= 15 is 0 Å². The Hall–Kier alpha value is -2.77. The molecular weight excluding hydrogens is 272 g/mol. The van der Waals surface area contributed by atoms with Crippen molar-refractivity contribution < 1.29 is 9.59 Å². The van der Waals surface area contributed by atoms with Gasteiger partial charge in [0.15, 0.2) is 0 Å². The number of nitrogens with zero attached hydrogens (tertiary/aromatic N) is 3. The first-order valence-electron chi connectivity index (χ1n) is 6.57. The number of nitrogens with two attached hydrogens (primary N) is 1. The summed E-state index contributed by atoms with van der Waals surface area (Å²) in [5.41, 5.74) is 7.53. The highest BCUT2D eigenvalue weighted by Crippen LogP contribution is 2.18. The van der Waals surface area contributed by atoms with Crippen LogP contribution in [0.15, 0.2) is 18.6 Å². The van der Waals surface area contributed by atoms with Crippen LogP contribution >= 0.6 is 0 Å². The Labute approximate surface area is 120 Å². The summed E-state index contributed by atoms with van der Waals surface area (Å²) in [7, 11) is 0. The summed E-state index contributed by atoms with van der Waals surface area (Å²) in [4.78, 5) is 30.7. The first-order chi connectivity index (χ1) is 10.1. The second-order valence-corrected chi connectivity index (χ2v) is 4.94. The molecule has 3 rings (SSSR count). The van der Waals surface area contributed by atoms with Gasteiger partial charge in [-0.2, -0.15) is 5.10 Å². The molecule has 2 aromatic rings. The average molecular weight is 286 g/mol. The Bertz CT molecular complexity index is 678. The summed E-state index contributed by atoms with van der Waals surface area (Å²) in [6, 6.07) is 0.0419. The van der Waals surface area contributed by atoms with E-state index in [9.17, 15) is 9.59 Å². The number of carbonyl (C=O) groups is 2. The standard InChI is InChI=1S/C13H14N6O2/c14-12(20)10-5-16-11(6-15-10)13(21)18-8-1-2-9-7(3-8)4-17-19-9/h4-6,8H,1-3H2,(H2,14,20)(H,17,19)(H,18,21). The quantitative estimate of drug-likeness (QED) is 0.706. The zero-order valence-electron chi connectivity index (χ0n) is 11.2. The molecule has 8 nitrogen and oxygen atoms in total. The zero-order valence-corrected chi connectivity index (χ0v) is 11.2. The summed E-state index contributed by atoms with van der Waals surface area (Å²) in [6.45, 7) is 0. The minimum atomic E-state index is -0.672. The lowest BCUT2D eigenvalue weighted by Gasteiger charge is -2.22. The smallest absolute Gasteiger partial charge is 0.271 e. The fraction of sp³-hybridized carbons (Fsp3) is 0.308. The first-order valence-corrected chi connectivity index (χ1v) is 6.57. The summed E-state index contributed by atoms with van der Waals surface area (Å²) in [5.74, 6) is -0.982. The highest BCUT2D eigenvalue weighted by Gasteiger charge is 2.22. The van der Waals surface area contributed by atoms with Crippen molar-refractivity contribution in [2.75, 3.05) is 0 Å². The molecule has 4 N–H and O–H groups in total. The van der Waals surface area contributed by atoms with Gasteiger partial charge in [0.25, 0.3) is 11.8 Å². The lowest BCUT2D eigenvalue weighted by Crippen LogP contribution is -2.39. The third kappa shape index (κ3) is 2.73. The molecule has 0 aromatic carbocycles. The van der Waals surface area contributed by atoms with Crippen molar-refractivity contribution >= 4 is 11.8 Å². The van der Waals surface area contributed by atoms with E-state index in [4.69, 9.17) is 5.73 Å². The van der Waals surface area contributed by atoms with Gasteiger partial charge in [0.2, 0.25) is 0 Å². The van der Waals surface area contributed by atoms with E-state index in [-0.39, 0.29) is 23.3 Å². The van der Waals surface area contributed by atoms with E-state index in [1.807, 2.05) is 0 Å². The third-order valence-electron chi connectivity index (χ3n) is 3.49. The number of aryl methyl sites for hydroxylation is 1. The number of nitrogens with one attached hydrogen (secondary N) is 2. The lowest BCUT2D eigenvalue weighted by atomic mass is 9.93. The highest BCUT2D eigenvalue weighted by molar-refractivity contribution is 5.93. The number of fused-ring (bicyclic) bond motifs is 1. The molecule has 0 saturated heterocycles.